The van der Waals surface area contributed by atoms with Crippen LogP contribution in [0.5, 0.6) is 0 Å². The van der Waals surface area contributed by atoms with Gasteiger partial charge in [0.15, 0.2) is 0 Å². The monoisotopic (exact) mass is 343 g/mol. The predicted molar refractivity (Wildman–Crippen MR) is 96.8 cm³/mol. The molecule has 1 amide bonds. The fraction of sp³-hybridized carbons (Fsp3) is 0.944. The fourth-order valence-electron chi connectivity index (χ4n) is 4.88. The molecule has 5 heteroatoms. The number of likely N-dealkylation sites (tertiary alicyclic amines) is 1. The number of carbonyl (C=O) groups is 1. The number of nitrogens with two attached hydrogens (primary N) is 1. The van der Waals surface area contributed by atoms with Gasteiger partial charge in [0.25, 0.3) is 0 Å². The van der Waals surface area contributed by atoms with Gasteiger partial charge in [0.1, 0.15) is 0 Å². The van der Waals surface area contributed by atoms with Crippen molar-refractivity contribution in [1.82, 2.24) is 10.2 Å². The molecule has 0 aromatic rings. The van der Waals surface area contributed by atoms with E-state index in [0.29, 0.717) is 0 Å². The number of halogens is 1. The number of hydrogen-bond donors (Lipinski definition) is 2. The largest absolute Gasteiger partial charge is 0.354 e. The Hall–Kier alpha value is -0.320. The molecule has 2 aliphatic carbocycles. The molecule has 23 heavy (non-hydrogen) atoms. The standard InChI is InChI=1S/C18H33N3O.ClH/c19-16-9-7-8-15(16)17(22)20-14-18(10-3-1-4-11-18)21-12-5-2-6-13-21;/h15-16H,1-14,19H2,(H,20,22);1H. The van der Waals surface area contributed by atoms with Crippen LogP contribution in [0, 0.1) is 5.92 Å². The van der Waals surface area contributed by atoms with Gasteiger partial charge in [0.05, 0.1) is 5.92 Å². The van der Waals surface area contributed by atoms with Crippen LogP contribution in [0.25, 0.3) is 0 Å². The van der Waals surface area contributed by atoms with Crippen LogP contribution in [0.15, 0.2) is 0 Å². The molecule has 0 spiro atoms. The Bertz CT molecular complexity index is 378. The third-order valence-corrected chi connectivity index (χ3v) is 6.31. The van der Waals surface area contributed by atoms with E-state index in [2.05, 4.69) is 10.2 Å². The molecule has 0 radical (unpaired) electrons. The first-order chi connectivity index (χ1) is 10.7. The van der Waals surface area contributed by atoms with Gasteiger partial charge in [-0.2, -0.15) is 0 Å². The zero-order valence-corrected chi connectivity index (χ0v) is 15.2. The Morgan fingerprint density at radius 1 is 1.00 bits per heavy atom. The van der Waals surface area contributed by atoms with Crippen molar-refractivity contribution < 1.29 is 4.79 Å². The molecule has 2 unspecified atom stereocenters. The summed E-state index contributed by atoms with van der Waals surface area (Å²) in [6.07, 6.45) is 13.6. The second kappa shape index (κ2) is 8.68. The number of amides is 1. The lowest BCUT2D eigenvalue weighted by atomic mass is 9.79. The average Bonchev–Trinajstić information content (AvgIpc) is 3.00. The summed E-state index contributed by atoms with van der Waals surface area (Å²) in [6.45, 7) is 3.28. The number of nitrogens with zero attached hydrogens (tertiary/aromatic N) is 1. The molecule has 0 aromatic carbocycles. The van der Waals surface area contributed by atoms with E-state index >= 15 is 0 Å². The third-order valence-electron chi connectivity index (χ3n) is 6.31. The SMILES string of the molecule is Cl.NC1CCCC1C(=O)NCC1(N2CCCCC2)CCCCC1. The summed E-state index contributed by atoms with van der Waals surface area (Å²) in [6, 6.07) is 0.0808. The number of piperidine rings is 1. The minimum atomic E-state index is 0. The van der Waals surface area contributed by atoms with Crippen LogP contribution >= 0.6 is 12.4 Å². The maximum atomic E-state index is 12.5. The molecule has 134 valence electrons. The summed E-state index contributed by atoms with van der Waals surface area (Å²) in [7, 11) is 0. The molecule has 1 heterocycles. The van der Waals surface area contributed by atoms with Crippen molar-refractivity contribution in [3.63, 3.8) is 0 Å². The molecule has 3 rings (SSSR count). The zero-order chi connectivity index (χ0) is 15.4. The summed E-state index contributed by atoms with van der Waals surface area (Å²) >= 11 is 0. The molecule has 3 fully saturated rings. The number of nitrogens with one attached hydrogen (secondary N) is 1. The van der Waals surface area contributed by atoms with Crippen LogP contribution in [0.4, 0.5) is 0 Å². The highest BCUT2D eigenvalue weighted by molar-refractivity contribution is 5.85. The molecule has 2 saturated carbocycles. The van der Waals surface area contributed by atoms with E-state index in [1.165, 1.54) is 64.5 Å². The maximum Gasteiger partial charge on any atom is 0.224 e. The summed E-state index contributed by atoms with van der Waals surface area (Å²) in [5.74, 6) is 0.272. The highest BCUT2D eigenvalue weighted by atomic mass is 35.5. The Balaban J connectivity index is 0.00000192. The Morgan fingerprint density at radius 3 is 2.26 bits per heavy atom. The van der Waals surface area contributed by atoms with Crippen LogP contribution in [0.2, 0.25) is 0 Å². The highest BCUT2D eigenvalue weighted by Crippen LogP contribution is 2.35. The number of hydrogen-bond acceptors (Lipinski definition) is 3. The first-order valence-electron chi connectivity index (χ1n) is 9.50. The highest BCUT2D eigenvalue weighted by Gasteiger charge is 2.39. The van der Waals surface area contributed by atoms with Crippen LogP contribution in [-0.2, 0) is 4.79 Å². The van der Waals surface area contributed by atoms with Gasteiger partial charge in [-0.05, 0) is 51.6 Å². The molecule has 4 nitrogen and oxygen atoms in total. The first kappa shape index (κ1) is 19.0. The van der Waals surface area contributed by atoms with Gasteiger partial charge in [0, 0.05) is 18.1 Å². The number of carbonyl (C=O) groups excluding carboxylic acids is 1. The lowest BCUT2D eigenvalue weighted by molar-refractivity contribution is -0.126. The summed E-state index contributed by atoms with van der Waals surface area (Å²) < 4.78 is 0. The molecule has 3 aliphatic rings. The third kappa shape index (κ3) is 4.40. The van der Waals surface area contributed by atoms with Gasteiger partial charge in [-0.3, -0.25) is 9.69 Å². The second-order valence-corrected chi connectivity index (χ2v) is 7.75. The zero-order valence-electron chi connectivity index (χ0n) is 14.4. The van der Waals surface area contributed by atoms with Crippen molar-refractivity contribution in [2.75, 3.05) is 19.6 Å². The molecule has 3 N–H and O–H groups in total. The van der Waals surface area contributed by atoms with Gasteiger partial charge >= 0.3 is 0 Å². The van der Waals surface area contributed by atoms with Crippen molar-refractivity contribution in [3.05, 3.63) is 0 Å². The average molecular weight is 344 g/mol. The Labute approximate surface area is 147 Å². The minimum absolute atomic E-state index is 0. The Morgan fingerprint density at radius 2 is 1.65 bits per heavy atom. The summed E-state index contributed by atoms with van der Waals surface area (Å²) in [5.41, 5.74) is 6.33. The minimum Gasteiger partial charge on any atom is -0.354 e. The molecule has 0 bridgehead atoms. The lowest BCUT2D eigenvalue weighted by Gasteiger charge is -2.48. The van der Waals surface area contributed by atoms with E-state index < -0.39 is 0 Å². The van der Waals surface area contributed by atoms with Crippen LogP contribution < -0.4 is 11.1 Å². The van der Waals surface area contributed by atoms with Gasteiger partial charge in [0.2, 0.25) is 5.91 Å². The van der Waals surface area contributed by atoms with E-state index in [9.17, 15) is 4.79 Å². The van der Waals surface area contributed by atoms with E-state index in [1.807, 2.05) is 0 Å². The predicted octanol–water partition coefficient (Wildman–Crippen LogP) is 2.84. The molecule has 2 atom stereocenters. The van der Waals surface area contributed by atoms with E-state index in [4.69, 9.17) is 5.73 Å². The fourth-order valence-corrected chi connectivity index (χ4v) is 4.88. The summed E-state index contributed by atoms with van der Waals surface area (Å²) in [4.78, 5) is 15.2. The quantitative estimate of drug-likeness (QED) is 0.825. The summed E-state index contributed by atoms with van der Waals surface area (Å²) in [5, 5.41) is 3.30. The molecule has 1 aliphatic heterocycles. The topological polar surface area (TPSA) is 58.4 Å². The van der Waals surface area contributed by atoms with Crippen LogP contribution in [0.1, 0.15) is 70.6 Å². The van der Waals surface area contributed by atoms with E-state index in [0.717, 1.165) is 25.8 Å². The molecular weight excluding hydrogens is 310 g/mol. The van der Waals surface area contributed by atoms with Gasteiger partial charge in [-0.1, -0.05) is 32.1 Å². The van der Waals surface area contributed by atoms with E-state index in [1.54, 1.807) is 0 Å². The molecule has 1 saturated heterocycles. The van der Waals surface area contributed by atoms with Crippen LogP contribution in [-0.4, -0.2) is 42.0 Å². The van der Waals surface area contributed by atoms with Crippen molar-refractivity contribution in [1.29, 1.82) is 0 Å². The smallest absolute Gasteiger partial charge is 0.224 e. The normalized spacial score (nSPS) is 31.3. The van der Waals surface area contributed by atoms with Crippen molar-refractivity contribution in [2.24, 2.45) is 11.7 Å². The van der Waals surface area contributed by atoms with Crippen LogP contribution in [0.3, 0.4) is 0 Å². The molecular formula is C18H34ClN3O. The maximum absolute atomic E-state index is 12.5. The molecule has 0 aromatic heterocycles. The van der Waals surface area contributed by atoms with Crippen molar-refractivity contribution >= 4 is 18.3 Å². The first-order valence-corrected chi connectivity index (χ1v) is 9.50. The van der Waals surface area contributed by atoms with Gasteiger partial charge in [-0.25, -0.2) is 0 Å². The second-order valence-electron chi connectivity index (χ2n) is 7.75. The van der Waals surface area contributed by atoms with E-state index in [-0.39, 0.29) is 35.8 Å². The van der Waals surface area contributed by atoms with Crippen molar-refractivity contribution in [3.8, 4) is 0 Å². The van der Waals surface area contributed by atoms with Gasteiger partial charge in [-0.15, -0.1) is 12.4 Å². The number of rotatable bonds is 4. The Kier molecular flexibility index (Phi) is 7.18. The van der Waals surface area contributed by atoms with Crippen molar-refractivity contribution in [2.45, 2.75) is 82.2 Å². The lowest BCUT2D eigenvalue weighted by Crippen LogP contribution is -2.58. The van der Waals surface area contributed by atoms with Gasteiger partial charge < -0.3 is 11.1 Å².